The number of hydrogen-bond acceptors (Lipinski definition) is 1. The Bertz CT molecular complexity index is 248. The molecule has 1 nitrogen and oxygen atoms in total. The molecule has 1 aliphatic heterocycles. The van der Waals surface area contributed by atoms with Crippen molar-refractivity contribution in [2.75, 3.05) is 6.54 Å². The zero-order valence-corrected chi connectivity index (χ0v) is 6.80. The van der Waals surface area contributed by atoms with Gasteiger partial charge in [0.15, 0.2) is 0 Å². The van der Waals surface area contributed by atoms with Gasteiger partial charge in [0.05, 0.1) is 0 Å². The second-order valence-corrected chi connectivity index (χ2v) is 3.46. The van der Waals surface area contributed by atoms with Crippen LogP contribution in [-0.4, -0.2) is 6.54 Å². The molecule has 2 aliphatic rings. The minimum atomic E-state index is 0.306. The van der Waals surface area contributed by atoms with E-state index in [1.807, 2.05) is 0 Å². The average molecular weight is 147 g/mol. The Kier molecular flexibility index (Phi) is 1.38. The molecule has 2 rings (SSSR count). The summed E-state index contributed by atoms with van der Waals surface area (Å²) in [6.07, 6.45) is 12.1. The molecule has 1 heteroatoms. The topological polar surface area (TPSA) is 12.0 Å². The number of rotatable bonds is 0. The van der Waals surface area contributed by atoms with Gasteiger partial charge >= 0.3 is 0 Å². The van der Waals surface area contributed by atoms with E-state index in [0.29, 0.717) is 5.41 Å². The summed E-state index contributed by atoms with van der Waals surface area (Å²) in [6.45, 7) is 3.30. The minimum absolute atomic E-state index is 0.306. The van der Waals surface area contributed by atoms with Gasteiger partial charge in [-0.1, -0.05) is 31.2 Å². The van der Waals surface area contributed by atoms with Crippen molar-refractivity contribution in [1.29, 1.82) is 0 Å². The monoisotopic (exact) mass is 147 g/mol. The molecule has 0 aromatic heterocycles. The van der Waals surface area contributed by atoms with Gasteiger partial charge in [-0.25, -0.2) is 0 Å². The van der Waals surface area contributed by atoms with Crippen molar-refractivity contribution in [3.05, 3.63) is 36.1 Å². The molecule has 0 saturated carbocycles. The number of fused-ring (bicyclic) bond motifs is 1. The summed E-state index contributed by atoms with van der Waals surface area (Å²) in [7, 11) is 0. The van der Waals surface area contributed by atoms with E-state index in [1.54, 1.807) is 0 Å². The maximum atomic E-state index is 3.23. The Labute approximate surface area is 67.5 Å². The van der Waals surface area contributed by atoms with Crippen LogP contribution in [-0.2, 0) is 0 Å². The van der Waals surface area contributed by atoms with Crippen molar-refractivity contribution >= 4 is 0 Å². The quantitative estimate of drug-likeness (QED) is 0.552. The Morgan fingerprint density at radius 3 is 3.27 bits per heavy atom. The van der Waals surface area contributed by atoms with E-state index in [0.717, 1.165) is 13.0 Å². The van der Waals surface area contributed by atoms with Crippen LogP contribution in [0.4, 0.5) is 0 Å². The zero-order chi connectivity index (χ0) is 7.73. The first-order valence-corrected chi connectivity index (χ1v) is 4.08. The van der Waals surface area contributed by atoms with E-state index in [2.05, 4.69) is 42.7 Å². The molecule has 0 bridgehead atoms. The second kappa shape index (κ2) is 2.26. The molecule has 0 aromatic carbocycles. The summed E-state index contributed by atoms with van der Waals surface area (Å²) >= 11 is 0. The highest BCUT2D eigenvalue weighted by Crippen LogP contribution is 2.36. The highest BCUT2D eigenvalue weighted by molar-refractivity contribution is 5.33. The average Bonchev–Trinajstić information content (AvgIpc) is 2.03. The van der Waals surface area contributed by atoms with Gasteiger partial charge in [0, 0.05) is 12.0 Å². The molecule has 1 aliphatic carbocycles. The van der Waals surface area contributed by atoms with Crippen LogP contribution in [0.15, 0.2) is 36.1 Å². The fourth-order valence-electron chi connectivity index (χ4n) is 1.67. The standard InChI is InChI=1S/C10H13N/c1-10-5-3-2-4-9(10)8-11-7-6-10/h2-4,6-7,11H,5,8H2,1H3. The molecule has 0 amide bonds. The summed E-state index contributed by atoms with van der Waals surface area (Å²) in [5.74, 6) is 0. The maximum absolute atomic E-state index is 3.23. The molecular formula is C10H13N. The SMILES string of the molecule is CC12C=CNCC1=CC=CC2. The van der Waals surface area contributed by atoms with Gasteiger partial charge in [0.25, 0.3) is 0 Å². The number of hydrogen-bond donors (Lipinski definition) is 1. The zero-order valence-electron chi connectivity index (χ0n) is 6.80. The van der Waals surface area contributed by atoms with Gasteiger partial charge in [-0.2, -0.15) is 0 Å². The summed E-state index contributed by atoms with van der Waals surface area (Å²) < 4.78 is 0. The Balaban J connectivity index is 2.38. The maximum Gasteiger partial charge on any atom is 0.0366 e. The second-order valence-electron chi connectivity index (χ2n) is 3.46. The lowest BCUT2D eigenvalue weighted by Crippen LogP contribution is -2.29. The molecule has 1 unspecified atom stereocenters. The van der Waals surface area contributed by atoms with Crippen molar-refractivity contribution in [3.63, 3.8) is 0 Å². The van der Waals surface area contributed by atoms with Crippen molar-refractivity contribution < 1.29 is 0 Å². The van der Waals surface area contributed by atoms with Gasteiger partial charge in [-0.15, -0.1) is 0 Å². The highest BCUT2D eigenvalue weighted by atomic mass is 14.8. The Morgan fingerprint density at radius 2 is 2.45 bits per heavy atom. The lowest BCUT2D eigenvalue weighted by molar-refractivity contribution is 0.481. The number of nitrogens with one attached hydrogen (secondary N) is 1. The summed E-state index contributed by atoms with van der Waals surface area (Å²) in [5.41, 5.74) is 1.81. The lowest BCUT2D eigenvalue weighted by Gasteiger charge is -2.33. The first kappa shape index (κ1) is 6.71. The van der Waals surface area contributed by atoms with Gasteiger partial charge in [0.1, 0.15) is 0 Å². The molecule has 1 atom stereocenters. The van der Waals surface area contributed by atoms with E-state index in [1.165, 1.54) is 5.57 Å². The molecule has 0 saturated heterocycles. The minimum Gasteiger partial charge on any atom is -0.387 e. The van der Waals surface area contributed by atoms with Crippen LogP contribution in [0.5, 0.6) is 0 Å². The molecule has 1 heterocycles. The molecule has 0 fully saturated rings. The van der Waals surface area contributed by atoms with E-state index in [9.17, 15) is 0 Å². The molecular weight excluding hydrogens is 134 g/mol. The van der Waals surface area contributed by atoms with Crippen LogP contribution in [0, 0.1) is 5.41 Å². The molecule has 1 N–H and O–H groups in total. The molecule has 0 spiro atoms. The smallest absolute Gasteiger partial charge is 0.0366 e. The molecule has 0 aromatic rings. The van der Waals surface area contributed by atoms with Crippen LogP contribution in [0.3, 0.4) is 0 Å². The predicted molar refractivity (Wildman–Crippen MR) is 47.1 cm³/mol. The van der Waals surface area contributed by atoms with Crippen LogP contribution >= 0.6 is 0 Å². The summed E-state index contributed by atoms with van der Waals surface area (Å²) in [5, 5.41) is 3.23. The lowest BCUT2D eigenvalue weighted by atomic mass is 9.75. The third-order valence-electron chi connectivity index (χ3n) is 2.57. The normalized spacial score (nSPS) is 34.1. The first-order valence-electron chi connectivity index (χ1n) is 4.08. The van der Waals surface area contributed by atoms with Gasteiger partial charge < -0.3 is 5.32 Å². The highest BCUT2D eigenvalue weighted by Gasteiger charge is 2.27. The fourth-order valence-corrected chi connectivity index (χ4v) is 1.67. The number of allylic oxidation sites excluding steroid dienone is 4. The first-order chi connectivity index (χ1) is 5.31. The fraction of sp³-hybridized carbons (Fsp3) is 0.400. The third-order valence-corrected chi connectivity index (χ3v) is 2.57. The van der Waals surface area contributed by atoms with Crippen LogP contribution in [0.2, 0.25) is 0 Å². The summed E-state index contributed by atoms with van der Waals surface area (Å²) in [6, 6.07) is 0. The summed E-state index contributed by atoms with van der Waals surface area (Å²) in [4.78, 5) is 0. The third kappa shape index (κ3) is 1.01. The van der Waals surface area contributed by atoms with Gasteiger partial charge in [-0.05, 0) is 18.2 Å². The van der Waals surface area contributed by atoms with Gasteiger partial charge in [-0.3, -0.25) is 0 Å². The van der Waals surface area contributed by atoms with Crippen LogP contribution in [0.1, 0.15) is 13.3 Å². The van der Waals surface area contributed by atoms with E-state index >= 15 is 0 Å². The van der Waals surface area contributed by atoms with E-state index in [4.69, 9.17) is 0 Å². The molecule has 58 valence electrons. The van der Waals surface area contributed by atoms with E-state index < -0.39 is 0 Å². The van der Waals surface area contributed by atoms with Crippen molar-refractivity contribution in [2.45, 2.75) is 13.3 Å². The largest absolute Gasteiger partial charge is 0.387 e. The molecule has 11 heavy (non-hydrogen) atoms. The van der Waals surface area contributed by atoms with Crippen LogP contribution in [0.25, 0.3) is 0 Å². The van der Waals surface area contributed by atoms with Crippen molar-refractivity contribution in [3.8, 4) is 0 Å². The van der Waals surface area contributed by atoms with Crippen LogP contribution < -0.4 is 5.32 Å². The Morgan fingerprint density at radius 1 is 1.55 bits per heavy atom. The predicted octanol–water partition coefficient (Wildman–Crippen LogP) is 2.00. The Hall–Kier alpha value is -0.980. The van der Waals surface area contributed by atoms with Crippen molar-refractivity contribution in [1.82, 2.24) is 5.32 Å². The molecule has 0 radical (unpaired) electrons. The van der Waals surface area contributed by atoms with E-state index in [-0.39, 0.29) is 0 Å². The van der Waals surface area contributed by atoms with Crippen molar-refractivity contribution in [2.24, 2.45) is 5.41 Å². The van der Waals surface area contributed by atoms with Gasteiger partial charge in [0.2, 0.25) is 0 Å².